The fraction of sp³-hybridized carbons (Fsp3) is 0.370. The topological polar surface area (TPSA) is 101 Å². The Labute approximate surface area is 217 Å². The fourth-order valence-electron chi connectivity index (χ4n) is 3.65. The van der Waals surface area contributed by atoms with Crippen LogP contribution in [0.25, 0.3) is 10.4 Å². The largest absolute Gasteiger partial charge is 0.694 e. The maximum absolute atomic E-state index is 10.6. The van der Waals surface area contributed by atoms with Crippen LogP contribution >= 0.6 is 19.6 Å². The summed E-state index contributed by atoms with van der Waals surface area (Å²) in [6.07, 6.45) is 2.31. The highest BCUT2D eigenvalue weighted by atomic mass is 32.1. The molecule has 3 rings (SSSR count). The molecule has 9 heteroatoms. The molecule has 0 spiro atoms. The van der Waals surface area contributed by atoms with E-state index in [0.29, 0.717) is 37.4 Å². The quantitative estimate of drug-likeness (QED) is 0.178. The highest BCUT2D eigenvalue weighted by molar-refractivity contribution is 7.32. The second kappa shape index (κ2) is 14.7. The molecule has 1 atom stereocenters. The van der Waals surface area contributed by atoms with Gasteiger partial charge in [-0.3, -0.25) is 0 Å². The van der Waals surface area contributed by atoms with Crippen LogP contribution in [0.3, 0.4) is 0 Å². The highest BCUT2D eigenvalue weighted by Crippen LogP contribution is 2.34. The van der Waals surface area contributed by atoms with Crippen molar-refractivity contribution in [1.82, 2.24) is 5.32 Å². The lowest BCUT2D eigenvalue weighted by atomic mass is 10.1. The Morgan fingerprint density at radius 1 is 1.08 bits per heavy atom. The van der Waals surface area contributed by atoms with Crippen molar-refractivity contribution in [3.05, 3.63) is 70.6 Å². The van der Waals surface area contributed by atoms with Gasteiger partial charge in [0, 0.05) is 21.6 Å². The van der Waals surface area contributed by atoms with E-state index in [0.717, 1.165) is 40.2 Å². The van der Waals surface area contributed by atoms with Crippen LogP contribution in [0.4, 0.5) is 0 Å². The Hall–Kier alpha value is -2.79. The summed E-state index contributed by atoms with van der Waals surface area (Å²) in [5.41, 5.74) is 3.84. The zero-order chi connectivity index (χ0) is 25.8. The van der Waals surface area contributed by atoms with Gasteiger partial charge in [-0.15, -0.1) is 20.8 Å². The van der Waals surface area contributed by atoms with Crippen LogP contribution in [-0.4, -0.2) is 30.8 Å². The minimum Gasteiger partial charge on any atom is -0.493 e. The molecule has 0 aliphatic carbocycles. The fourth-order valence-corrected chi connectivity index (χ4v) is 4.68. The van der Waals surface area contributed by atoms with Gasteiger partial charge in [-0.05, 0) is 86.5 Å². The van der Waals surface area contributed by atoms with Gasteiger partial charge >= 0.3 is 8.25 Å². The lowest BCUT2D eigenvalue weighted by Crippen LogP contribution is -2.16. The summed E-state index contributed by atoms with van der Waals surface area (Å²) in [5.74, 6) is 1.47. The number of rotatable bonds is 15. The van der Waals surface area contributed by atoms with Crippen LogP contribution in [0.5, 0.6) is 11.5 Å². The first-order valence-electron chi connectivity index (χ1n) is 12.0. The van der Waals surface area contributed by atoms with Crippen molar-refractivity contribution in [3.8, 4) is 28.0 Å². The number of nitrogens with zero attached hydrogens (tertiary/aromatic N) is 1. The lowest BCUT2D eigenvalue weighted by molar-refractivity contribution is 0.241. The van der Waals surface area contributed by atoms with Gasteiger partial charge in [-0.2, -0.15) is 5.26 Å². The van der Waals surface area contributed by atoms with E-state index in [1.807, 2.05) is 50.2 Å². The molecule has 36 heavy (non-hydrogen) atoms. The third kappa shape index (κ3) is 9.02. The molecule has 1 unspecified atom stereocenters. The SMILES string of the molecule is CC(C)Oc1ccc(CCCOc2ccc(CNCCCO[P+](=O)O)cc2-c2cccs2)cc1C#N. The highest BCUT2D eigenvalue weighted by Gasteiger charge is 2.12. The molecule has 0 fully saturated rings. The van der Waals surface area contributed by atoms with Gasteiger partial charge < -0.3 is 14.8 Å². The second-order valence-corrected chi connectivity index (χ2v) is 10.2. The minimum atomic E-state index is -2.53. The van der Waals surface area contributed by atoms with Gasteiger partial charge in [0.05, 0.1) is 18.3 Å². The van der Waals surface area contributed by atoms with Gasteiger partial charge in [-0.25, -0.2) is 0 Å². The third-order valence-corrected chi connectivity index (χ3v) is 6.56. The maximum Gasteiger partial charge on any atom is 0.694 e. The van der Waals surface area contributed by atoms with Crippen molar-refractivity contribution in [3.63, 3.8) is 0 Å². The molecule has 1 aromatic heterocycles. The van der Waals surface area contributed by atoms with Gasteiger partial charge in [0.25, 0.3) is 0 Å². The van der Waals surface area contributed by atoms with E-state index in [2.05, 4.69) is 33.4 Å². The molecule has 0 saturated heterocycles. The first-order chi connectivity index (χ1) is 17.5. The van der Waals surface area contributed by atoms with E-state index in [-0.39, 0.29) is 12.7 Å². The second-order valence-electron chi connectivity index (χ2n) is 8.47. The lowest BCUT2D eigenvalue weighted by Gasteiger charge is -2.14. The monoisotopic (exact) mass is 527 g/mol. The van der Waals surface area contributed by atoms with E-state index in [1.165, 1.54) is 0 Å². The predicted molar refractivity (Wildman–Crippen MR) is 143 cm³/mol. The predicted octanol–water partition coefficient (Wildman–Crippen LogP) is 6.23. The van der Waals surface area contributed by atoms with Crippen molar-refractivity contribution < 1.29 is 23.5 Å². The van der Waals surface area contributed by atoms with Crippen LogP contribution in [0, 0.1) is 11.3 Å². The Bertz CT molecular complexity index is 1160. The molecule has 190 valence electrons. The van der Waals surface area contributed by atoms with Crippen molar-refractivity contribution in [2.75, 3.05) is 19.8 Å². The molecule has 2 aromatic carbocycles. The Balaban J connectivity index is 1.55. The van der Waals surface area contributed by atoms with E-state index in [4.69, 9.17) is 14.4 Å². The van der Waals surface area contributed by atoms with Crippen LogP contribution < -0.4 is 14.8 Å². The molecule has 1 heterocycles. The molecule has 2 N–H and O–H groups in total. The normalized spacial score (nSPS) is 11.4. The number of aryl methyl sites for hydroxylation is 1. The number of hydrogen-bond donors (Lipinski definition) is 2. The molecular weight excluding hydrogens is 495 g/mol. The van der Waals surface area contributed by atoms with Gasteiger partial charge in [0.1, 0.15) is 24.2 Å². The molecule has 0 aliphatic heterocycles. The Morgan fingerprint density at radius 3 is 2.61 bits per heavy atom. The van der Waals surface area contributed by atoms with Gasteiger partial charge in [0.15, 0.2) is 0 Å². The molecule has 0 bridgehead atoms. The summed E-state index contributed by atoms with van der Waals surface area (Å²) in [6.45, 7) is 6.08. The van der Waals surface area contributed by atoms with Crippen LogP contribution in [-0.2, 0) is 22.1 Å². The first kappa shape index (κ1) is 27.8. The van der Waals surface area contributed by atoms with E-state index < -0.39 is 8.25 Å². The van der Waals surface area contributed by atoms with Crippen molar-refractivity contribution >= 4 is 19.6 Å². The summed E-state index contributed by atoms with van der Waals surface area (Å²) < 4.78 is 27.1. The van der Waals surface area contributed by atoms with Crippen LogP contribution in [0.15, 0.2) is 53.9 Å². The van der Waals surface area contributed by atoms with Crippen molar-refractivity contribution in [2.45, 2.75) is 45.8 Å². The minimum absolute atomic E-state index is 0.0240. The van der Waals surface area contributed by atoms with Crippen LogP contribution in [0.1, 0.15) is 43.4 Å². The van der Waals surface area contributed by atoms with Gasteiger partial charge in [0.2, 0.25) is 0 Å². The Morgan fingerprint density at radius 2 is 1.89 bits per heavy atom. The third-order valence-electron chi connectivity index (χ3n) is 5.25. The Kier molecular flexibility index (Phi) is 11.3. The first-order valence-corrected chi connectivity index (χ1v) is 14.0. The van der Waals surface area contributed by atoms with E-state index >= 15 is 0 Å². The summed E-state index contributed by atoms with van der Waals surface area (Å²) in [6, 6.07) is 18.3. The van der Waals surface area contributed by atoms with E-state index in [9.17, 15) is 9.83 Å². The molecule has 0 aliphatic rings. The van der Waals surface area contributed by atoms with Crippen molar-refractivity contribution in [1.29, 1.82) is 5.26 Å². The van der Waals surface area contributed by atoms with Crippen LogP contribution in [0.2, 0.25) is 0 Å². The van der Waals surface area contributed by atoms with Crippen molar-refractivity contribution in [2.24, 2.45) is 0 Å². The summed E-state index contributed by atoms with van der Waals surface area (Å²) in [7, 11) is -2.53. The average Bonchev–Trinajstić information content (AvgIpc) is 3.39. The summed E-state index contributed by atoms with van der Waals surface area (Å²) >= 11 is 1.67. The number of ether oxygens (including phenoxy) is 2. The zero-order valence-electron chi connectivity index (χ0n) is 20.6. The molecule has 0 amide bonds. The number of nitrogens with one attached hydrogen (secondary N) is 1. The smallest absolute Gasteiger partial charge is 0.493 e. The molecule has 3 aromatic rings. The number of thiophene rings is 1. The average molecular weight is 528 g/mol. The van der Waals surface area contributed by atoms with E-state index in [1.54, 1.807) is 11.3 Å². The number of benzene rings is 2. The summed E-state index contributed by atoms with van der Waals surface area (Å²) in [5, 5.41) is 14.8. The number of nitriles is 1. The molecule has 7 nitrogen and oxygen atoms in total. The standard InChI is InChI=1S/C27H31N2O5PS/c1-20(2)34-25-10-8-21(16-23(25)18-28)6-3-13-32-26-11-9-22(17-24(26)27-7-4-15-36-27)19-29-12-5-14-33-35(30)31/h4,7-11,15-17,20,29H,3,5-6,12-14,19H2,1-2H3/p+1. The molecule has 0 saturated carbocycles. The van der Waals surface area contributed by atoms with Gasteiger partial charge in [-0.1, -0.05) is 18.2 Å². The zero-order valence-corrected chi connectivity index (χ0v) is 22.3. The molecular formula is C27H32N2O5PS+. The number of hydrogen-bond acceptors (Lipinski definition) is 7. The maximum atomic E-state index is 10.6. The summed E-state index contributed by atoms with van der Waals surface area (Å²) in [4.78, 5) is 9.81. The molecule has 0 radical (unpaired) electrons.